The van der Waals surface area contributed by atoms with Gasteiger partial charge in [-0.05, 0) is 22.6 Å². The molecule has 0 saturated carbocycles. The maximum absolute atomic E-state index is 10.6. The smallest absolute Gasteiger partial charge is 0.293 e. The fourth-order valence-corrected chi connectivity index (χ4v) is 0.896. The number of nitrogens with one attached hydrogen (secondary N) is 1. The first kappa shape index (κ1) is 6.81. The monoisotopic (exact) mass is 240 g/mol. The van der Waals surface area contributed by atoms with Crippen LogP contribution in [0, 0.1) is 3.57 Å². The molecule has 9 heavy (non-hydrogen) atoms. The van der Waals surface area contributed by atoms with Gasteiger partial charge in [-0.3, -0.25) is 4.79 Å². The Morgan fingerprint density at radius 3 is 2.67 bits per heavy atom. The quantitative estimate of drug-likeness (QED) is 0.680. The van der Waals surface area contributed by atoms with E-state index in [9.17, 15) is 4.79 Å². The minimum atomic E-state index is -0.212. The lowest BCUT2D eigenvalue weighted by atomic mass is 10.5. The van der Waals surface area contributed by atoms with E-state index in [0.29, 0.717) is 9.33 Å². The minimum absolute atomic E-state index is 0.212. The van der Waals surface area contributed by atoms with Gasteiger partial charge in [0.15, 0.2) is 5.76 Å². The molecule has 50 valence electrons. The SMILES string of the molecule is NCc1o[nH]c(=O)c1I. The number of hydrogen-bond donors (Lipinski definition) is 2. The zero-order valence-corrected chi connectivity index (χ0v) is 6.64. The highest BCUT2D eigenvalue weighted by Gasteiger charge is 2.05. The van der Waals surface area contributed by atoms with Crippen molar-refractivity contribution in [2.45, 2.75) is 6.54 Å². The Hall–Kier alpha value is -0.300. The van der Waals surface area contributed by atoms with Crippen molar-refractivity contribution < 1.29 is 4.52 Å². The van der Waals surface area contributed by atoms with Crippen LogP contribution in [0.2, 0.25) is 0 Å². The second-order valence-electron chi connectivity index (χ2n) is 1.47. The number of aromatic amines is 1. The molecule has 0 radical (unpaired) electrons. The topological polar surface area (TPSA) is 72.0 Å². The van der Waals surface area contributed by atoms with Crippen molar-refractivity contribution in [3.63, 3.8) is 0 Å². The molecule has 5 heteroatoms. The Labute approximate surface area is 64.5 Å². The number of hydrogen-bond acceptors (Lipinski definition) is 3. The summed E-state index contributed by atoms with van der Waals surface area (Å²) in [5.74, 6) is 0.514. The van der Waals surface area contributed by atoms with Crippen molar-refractivity contribution in [3.05, 3.63) is 19.7 Å². The minimum Gasteiger partial charge on any atom is -0.381 e. The molecule has 0 spiro atoms. The molecule has 0 atom stereocenters. The van der Waals surface area contributed by atoms with Crippen LogP contribution < -0.4 is 11.3 Å². The van der Waals surface area contributed by atoms with Gasteiger partial charge in [-0.25, -0.2) is 0 Å². The van der Waals surface area contributed by atoms with Crippen molar-refractivity contribution in [1.82, 2.24) is 5.16 Å². The fourth-order valence-electron chi connectivity index (χ4n) is 0.455. The number of nitrogens with two attached hydrogens (primary N) is 1. The third-order valence-corrected chi connectivity index (χ3v) is 1.99. The van der Waals surface area contributed by atoms with E-state index in [1.807, 2.05) is 22.6 Å². The van der Waals surface area contributed by atoms with Crippen LogP contribution in [-0.4, -0.2) is 5.16 Å². The highest BCUT2D eigenvalue weighted by molar-refractivity contribution is 14.1. The Bertz CT molecular complexity index is 251. The molecule has 3 N–H and O–H groups in total. The number of H-pyrrole nitrogens is 1. The molecular weight excluding hydrogens is 235 g/mol. The molecule has 0 bridgehead atoms. The van der Waals surface area contributed by atoms with Crippen LogP contribution in [0.3, 0.4) is 0 Å². The zero-order chi connectivity index (χ0) is 6.85. The standard InChI is InChI=1S/C4H5IN2O2/c5-3-2(1-6)9-7-4(3)8/h1,6H2,(H,7,8). The summed E-state index contributed by atoms with van der Waals surface area (Å²) in [6.45, 7) is 0.261. The number of halogens is 1. The molecule has 1 aromatic rings. The van der Waals surface area contributed by atoms with Crippen molar-refractivity contribution in [1.29, 1.82) is 0 Å². The Morgan fingerprint density at radius 1 is 1.78 bits per heavy atom. The zero-order valence-electron chi connectivity index (χ0n) is 4.48. The normalized spacial score (nSPS) is 10.0. The predicted molar refractivity (Wildman–Crippen MR) is 39.9 cm³/mol. The molecule has 4 nitrogen and oxygen atoms in total. The van der Waals surface area contributed by atoms with Gasteiger partial charge in [0.05, 0.1) is 6.54 Å². The lowest BCUT2D eigenvalue weighted by molar-refractivity contribution is 0.379. The van der Waals surface area contributed by atoms with Gasteiger partial charge in [-0.2, -0.15) is 5.16 Å². The van der Waals surface area contributed by atoms with E-state index < -0.39 is 0 Å². The van der Waals surface area contributed by atoms with Gasteiger partial charge in [0.1, 0.15) is 3.57 Å². The van der Waals surface area contributed by atoms with Crippen LogP contribution in [0.5, 0.6) is 0 Å². The maximum Gasteiger partial charge on any atom is 0.293 e. The van der Waals surface area contributed by atoms with Gasteiger partial charge in [0, 0.05) is 0 Å². The second kappa shape index (κ2) is 2.53. The van der Waals surface area contributed by atoms with E-state index in [0.717, 1.165) is 0 Å². The van der Waals surface area contributed by atoms with Crippen molar-refractivity contribution in [3.8, 4) is 0 Å². The molecule has 0 saturated heterocycles. The molecule has 0 aliphatic heterocycles. The Kier molecular flexibility index (Phi) is 1.91. The summed E-state index contributed by atoms with van der Waals surface area (Å²) in [5.41, 5.74) is 4.99. The molecule has 0 unspecified atom stereocenters. The molecule has 0 aliphatic rings. The molecule has 0 amide bonds. The lowest BCUT2D eigenvalue weighted by Gasteiger charge is -1.82. The first-order chi connectivity index (χ1) is 4.25. The van der Waals surface area contributed by atoms with E-state index in [-0.39, 0.29) is 12.1 Å². The van der Waals surface area contributed by atoms with E-state index in [4.69, 9.17) is 5.73 Å². The molecule has 0 aromatic carbocycles. The van der Waals surface area contributed by atoms with E-state index in [2.05, 4.69) is 9.68 Å². The first-order valence-electron chi connectivity index (χ1n) is 2.31. The Morgan fingerprint density at radius 2 is 2.44 bits per heavy atom. The van der Waals surface area contributed by atoms with Crippen LogP contribution >= 0.6 is 22.6 Å². The molecule has 1 heterocycles. The lowest BCUT2D eigenvalue weighted by Crippen LogP contribution is -2.03. The van der Waals surface area contributed by atoms with Crippen molar-refractivity contribution in [2.75, 3.05) is 0 Å². The summed E-state index contributed by atoms with van der Waals surface area (Å²) in [6, 6.07) is 0. The van der Waals surface area contributed by atoms with Gasteiger partial charge in [-0.15, -0.1) is 0 Å². The average molecular weight is 240 g/mol. The first-order valence-corrected chi connectivity index (χ1v) is 3.39. The number of rotatable bonds is 1. The highest BCUT2D eigenvalue weighted by Crippen LogP contribution is 2.03. The fraction of sp³-hybridized carbons (Fsp3) is 0.250. The van der Waals surface area contributed by atoms with E-state index >= 15 is 0 Å². The van der Waals surface area contributed by atoms with E-state index in [1.54, 1.807) is 0 Å². The average Bonchev–Trinajstić information content (AvgIpc) is 2.15. The van der Waals surface area contributed by atoms with Crippen LogP contribution in [-0.2, 0) is 6.54 Å². The van der Waals surface area contributed by atoms with Crippen LogP contribution in [0.25, 0.3) is 0 Å². The van der Waals surface area contributed by atoms with Gasteiger partial charge in [0.2, 0.25) is 0 Å². The van der Waals surface area contributed by atoms with Crippen LogP contribution in [0.4, 0.5) is 0 Å². The predicted octanol–water partition coefficient (Wildman–Crippen LogP) is 0.0312. The molecule has 1 rings (SSSR count). The van der Waals surface area contributed by atoms with Crippen molar-refractivity contribution in [2.24, 2.45) is 5.73 Å². The summed E-state index contributed by atoms with van der Waals surface area (Å²) >= 11 is 1.88. The third-order valence-electron chi connectivity index (χ3n) is 0.896. The summed E-state index contributed by atoms with van der Waals surface area (Å²) in [6.07, 6.45) is 0. The molecule has 1 aromatic heterocycles. The van der Waals surface area contributed by atoms with Gasteiger partial charge in [0.25, 0.3) is 5.56 Å². The van der Waals surface area contributed by atoms with Crippen molar-refractivity contribution >= 4 is 22.6 Å². The van der Waals surface area contributed by atoms with Gasteiger partial charge < -0.3 is 10.3 Å². The largest absolute Gasteiger partial charge is 0.381 e. The number of aromatic nitrogens is 1. The van der Waals surface area contributed by atoms with Crippen LogP contribution in [0.15, 0.2) is 9.32 Å². The Balaban J connectivity index is 3.20. The van der Waals surface area contributed by atoms with E-state index in [1.165, 1.54) is 0 Å². The summed E-state index contributed by atoms with van der Waals surface area (Å²) < 4.78 is 5.21. The molecular formula is C4H5IN2O2. The maximum atomic E-state index is 10.6. The highest BCUT2D eigenvalue weighted by atomic mass is 127. The summed E-state index contributed by atoms with van der Waals surface area (Å²) in [5, 5.41) is 2.17. The van der Waals surface area contributed by atoms with Crippen LogP contribution in [0.1, 0.15) is 5.76 Å². The van der Waals surface area contributed by atoms with Gasteiger partial charge >= 0.3 is 0 Å². The third kappa shape index (κ3) is 1.16. The summed E-state index contributed by atoms with van der Waals surface area (Å²) in [4.78, 5) is 10.6. The molecule has 0 aliphatic carbocycles. The second-order valence-corrected chi connectivity index (χ2v) is 2.55. The molecule has 0 fully saturated rings. The van der Waals surface area contributed by atoms with Gasteiger partial charge in [-0.1, -0.05) is 0 Å². The summed E-state index contributed by atoms with van der Waals surface area (Å²) in [7, 11) is 0.